The first-order valence-electron chi connectivity index (χ1n) is 1.97. The van der Waals surface area contributed by atoms with Crippen molar-refractivity contribution in [3.8, 4) is 0 Å². The van der Waals surface area contributed by atoms with Gasteiger partial charge in [0.1, 0.15) is 0 Å². The van der Waals surface area contributed by atoms with Crippen LogP contribution in [0.4, 0.5) is 0 Å². The number of rotatable bonds is 0. The molecule has 0 fully saturated rings. The number of allylic oxidation sites excluding steroid dienone is 2. The third-order valence-electron chi connectivity index (χ3n) is 0. The summed E-state index contributed by atoms with van der Waals surface area (Å²) in [6.07, 6.45) is 3.50. The van der Waals surface area contributed by atoms with E-state index >= 15 is 0 Å². The summed E-state index contributed by atoms with van der Waals surface area (Å²) in [6.45, 7) is 10.5. The van der Waals surface area contributed by atoms with Crippen molar-refractivity contribution in [3.63, 3.8) is 0 Å². The summed E-state index contributed by atoms with van der Waals surface area (Å²) < 4.78 is 0. The Kier molecular flexibility index (Phi) is 84.9. The fourth-order valence-electron chi connectivity index (χ4n) is 0. The van der Waals surface area contributed by atoms with E-state index in [2.05, 4.69) is 13.2 Å². The molecule has 0 aromatic carbocycles. The zero-order chi connectivity index (χ0) is 5.41. The first-order chi connectivity index (χ1) is 2.83. The fourth-order valence-corrected chi connectivity index (χ4v) is 0. The molecule has 0 aliphatic heterocycles. The van der Waals surface area contributed by atoms with Gasteiger partial charge in [-0.2, -0.15) is 0 Å². The largest absolute Gasteiger partial charge is 3.00 e. The molecule has 0 amide bonds. The summed E-state index contributed by atoms with van der Waals surface area (Å²) in [4.78, 5) is 0. The van der Waals surface area contributed by atoms with E-state index in [1.165, 1.54) is 0 Å². The Morgan fingerprint density at radius 3 is 1.00 bits per heavy atom. The van der Waals surface area contributed by atoms with Crippen LogP contribution < -0.4 is 0 Å². The molecule has 0 spiro atoms. The second-order valence-electron chi connectivity index (χ2n) is 0.816. The number of hydrogen-bond acceptors (Lipinski definition) is 0. The van der Waals surface area contributed by atoms with E-state index in [0.717, 1.165) is 0 Å². The van der Waals surface area contributed by atoms with Gasteiger partial charge < -0.3 is 0 Å². The van der Waals surface area contributed by atoms with Crippen molar-refractivity contribution in [1.82, 2.24) is 0 Å². The van der Waals surface area contributed by atoms with Gasteiger partial charge in [-0.1, -0.05) is 12.2 Å². The van der Waals surface area contributed by atoms with Crippen molar-refractivity contribution in [2.45, 2.75) is 13.8 Å². The summed E-state index contributed by atoms with van der Waals surface area (Å²) in [7, 11) is 0. The molecule has 0 saturated carbocycles. The molecule has 0 atom stereocenters. The first kappa shape index (κ1) is 15.8. The van der Waals surface area contributed by atoms with Gasteiger partial charge in [-0.15, -0.1) is 13.2 Å². The van der Waals surface area contributed by atoms with Gasteiger partial charge in [-0.25, -0.2) is 0 Å². The fraction of sp³-hybridized carbons (Fsp3) is 0.333. The molecule has 0 N–H and O–H groups in total. The average molecular weight is 143 g/mol. The van der Waals surface area contributed by atoms with Crippen LogP contribution in [0.25, 0.3) is 0 Å². The minimum atomic E-state index is 0. The molecule has 0 aromatic rings. The molecular formula is C6H12Co+3. The van der Waals surface area contributed by atoms with Crippen LogP contribution in [0.15, 0.2) is 25.3 Å². The van der Waals surface area contributed by atoms with Crippen molar-refractivity contribution in [1.29, 1.82) is 0 Å². The van der Waals surface area contributed by atoms with E-state index in [-0.39, 0.29) is 16.8 Å². The molecule has 0 heterocycles. The maximum absolute atomic E-state index is 3.36. The minimum Gasteiger partial charge on any atom is -0.103 e. The maximum atomic E-state index is 3.36. The van der Waals surface area contributed by atoms with Gasteiger partial charge in [0.15, 0.2) is 0 Å². The molecule has 0 aliphatic rings. The van der Waals surface area contributed by atoms with Crippen molar-refractivity contribution >= 4 is 0 Å². The molecule has 0 rings (SSSR count). The van der Waals surface area contributed by atoms with Crippen molar-refractivity contribution in [2.75, 3.05) is 0 Å². The zero-order valence-corrected chi connectivity index (χ0v) is 5.94. The Hall–Kier alpha value is -0.0135. The van der Waals surface area contributed by atoms with E-state index in [9.17, 15) is 0 Å². The van der Waals surface area contributed by atoms with Gasteiger partial charge in [0.25, 0.3) is 0 Å². The third kappa shape index (κ3) is 522000. The van der Waals surface area contributed by atoms with Crippen LogP contribution in [0.3, 0.4) is 0 Å². The molecule has 7 heavy (non-hydrogen) atoms. The summed E-state index contributed by atoms with van der Waals surface area (Å²) in [5.41, 5.74) is 0. The second kappa shape index (κ2) is 37.7. The van der Waals surface area contributed by atoms with Gasteiger partial charge in [-0.05, 0) is 13.8 Å². The summed E-state index contributed by atoms with van der Waals surface area (Å²) in [5.74, 6) is 0. The van der Waals surface area contributed by atoms with E-state index in [4.69, 9.17) is 0 Å². The van der Waals surface area contributed by atoms with E-state index in [0.29, 0.717) is 0 Å². The van der Waals surface area contributed by atoms with E-state index < -0.39 is 0 Å². The van der Waals surface area contributed by atoms with Crippen LogP contribution in [-0.4, -0.2) is 0 Å². The molecule has 0 aliphatic carbocycles. The minimum absolute atomic E-state index is 0. The van der Waals surface area contributed by atoms with Gasteiger partial charge in [0.2, 0.25) is 0 Å². The second-order valence-corrected chi connectivity index (χ2v) is 0.816. The summed E-state index contributed by atoms with van der Waals surface area (Å²) >= 11 is 0. The topological polar surface area (TPSA) is 0 Å². The normalized spacial score (nSPS) is 3.71. The molecule has 0 saturated heterocycles. The molecule has 0 unspecified atom stereocenters. The Bertz CT molecular complexity index is 25.2. The molecule has 0 radical (unpaired) electrons. The van der Waals surface area contributed by atoms with Gasteiger partial charge in [0.05, 0.1) is 0 Å². The van der Waals surface area contributed by atoms with Crippen LogP contribution in [-0.2, 0) is 16.8 Å². The molecule has 0 aromatic heterocycles. The Morgan fingerprint density at radius 1 is 1.00 bits per heavy atom. The van der Waals surface area contributed by atoms with Crippen molar-refractivity contribution < 1.29 is 16.8 Å². The standard InChI is InChI=1S/2C3H6.Co/c2*1-3-2;/h2*3H,1H2,2H3;/q;;+3. The van der Waals surface area contributed by atoms with Gasteiger partial charge >= 0.3 is 16.8 Å². The summed E-state index contributed by atoms with van der Waals surface area (Å²) in [6, 6.07) is 0. The van der Waals surface area contributed by atoms with E-state index in [1.54, 1.807) is 12.2 Å². The first-order valence-corrected chi connectivity index (χ1v) is 1.97. The van der Waals surface area contributed by atoms with Crippen LogP contribution >= 0.6 is 0 Å². The average Bonchev–Trinajstić information content (AvgIpc) is 1.39. The Morgan fingerprint density at radius 2 is 1.00 bits per heavy atom. The Labute approximate surface area is 56.5 Å². The quantitative estimate of drug-likeness (QED) is 0.456. The van der Waals surface area contributed by atoms with Crippen molar-refractivity contribution in [3.05, 3.63) is 25.3 Å². The predicted octanol–water partition coefficient (Wildman–Crippen LogP) is 2.38. The molecular weight excluding hydrogens is 131 g/mol. The van der Waals surface area contributed by atoms with E-state index in [1.807, 2.05) is 13.8 Å². The van der Waals surface area contributed by atoms with Crippen LogP contribution in [0.1, 0.15) is 13.8 Å². The molecule has 0 bridgehead atoms. The van der Waals surface area contributed by atoms with Crippen molar-refractivity contribution in [2.24, 2.45) is 0 Å². The number of hydrogen-bond donors (Lipinski definition) is 0. The molecule has 0 nitrogen and oxygen atoms in total. The van der Waals surface area contributed by atoms with Crippen LogP contribution in [0.2, 0.25) is 0 Å². The molecule has 42 valence electrons. The van der Waals surface area contributed by atoms with Crippen LogP contribution in [0, 0.1) is 0 Å². The third-order valence-corrected chi connectivity index (χ3v) is 0. The summed E-state index contributed by atoms with van der Waals surface area (Å²) in [5, 5.41) is 0. The Balaban J connectivity index is -0.0000000400. The maximum Gasteiger partial charge on any atom is 3.00 e. The SMILES string of the molecule is C=CC.C=CC.[Co+3]. The van der Waals surface area contributed by atoms with Gasteiger partial charge in [0, 0.05) is 0 Å². The smallest absolute Gasteiger partial charge is 0.103 e. The predicted molar refractivity (Wildman–Crippen MR) is 31.7 cm³/mol. The zero-order valence-electron chi connectivity index (χ0n) is 4.90. The molecule has 1 heteroatoms. The van der Waals surface area contributed by atoms with Gasteiger partial charge in [-0.3, -0.25) is 0 Å². The monoisotopic (exact) mass is 143 g/mol. The van der Waals surface area contributed by atoms with Crippen LogP contribution in [0.5, 0.6) is 0 Å².